The van der Waals surface area contributed by atoms with Crippen molar-refractivity contribution in [2.45, 2.75) is 13.3 Å². The van der Waals surface area contributed by atoms with Gasteiger partial charge in [0.2, 0.25) is 0 Å². The van der Waals surface area contributed by atoms with Crippen molar-refractivity contribution < 1.29 is 18.7 Å². The van der Waals surface area contributed by atoms with E-state index in [-0.39, 0.29) is 6.61 Å². The number of hydrogen-bond donors (Lipinski definition) is 2. The van der Waals surface area contributed by atoms with Crippen molar-refractivity contribution in [1.29, 1.82) is 0 Å². The molecule has 0 saturated carbocycles. The number of ether oxygens (including phenoxy) is 1. The number of halogens is 2. The van der Waals surface area contributed by atoms with Crippen molar-refractivity contribution in [3.05, 3.63) is 63.9 Å². The number of aryl methyl sites for hydroxylation is 1. The largest absolute Gasteiger partial charge is 0.483 e. The van der Waals surface area contributed by atoms with E-state index in [0.29, 0.717) is 15.8 Å². The first-order valence-electron chi connectivity index (χ1n) is 7.25. The topological polar surface area (TPSA) is 67.4 Å². The third-order valence-electron chi connectivity index (χ3n) is 3.19. The van der Waals surface area contributed by atoms with Crippen LogP contribution in [0.4, 0.5) is 4.39 Å². The molecule has 0 unspecified atom stereocenters. The summed E-state index contributed by atoms with van der Waals surface area (Å²) in [6.45, 7) is 1.70. The molecule has 2 aromatic rings. The molecule has 24 heavy (non-hydrogen) atoms. The number of rotatable bonds is 5. The Morgan fingerprint density at radius 3 is 2.46 bits per heavy atom. The molecule has 0 saturated heterocycles. The normalized spacial score (nSPS) is 10.1. The maximum atomic E-state index is 13.0. The van der Waals surface area contributed by atoms with Crippen LogP contribution in [0.25, 0.3) is 0 Å². The number of carbonyl (C=O) groups excluding carboxylic acids is 2. The van der Waals surface area contributed by atoms with Gasteiger partial charge in [-0.2, -0.15) is 0 Å². The van der Waals surface area contributed by atoms with E-state index in [9.17, 15) is 14.0 Å². The fourth-order valence-corrected chi connectivity index (χ4v) is 2.33. The first kappa shape index (κ1) is 17.9. The number of hydrazine groups is 1. The van der Waals surface area contributed by atoms with Crippen molar-refractivity contribution in [2.75, 3.05) is 6.61 Å². The second-order valence-corrected chi connectivity index (χ2v) is 5.77. The zero-order valence-electron chi connectivity index (χ0n) is 12.9. The third-order valence-corrected chi connectivity index (χ3v) is 3.81. The van der Waals surface area contributed by atoms with E-state index in [1.807, 2.05) is 19.1 Å². The Labute approximate surface area is 147 Å². The molecule has 0 fully saturated rings. The summed E-state index contributed by atoms with van der Waals surface area (Å²) in [4.78, 5) is 23.6. The van der Waals surface area contributed by atoms with Crippen LogP contribution in [0.2, 0.25) is 0 Å². The molecule has 2 N–H and O–H groups in total. The molecule has 2 aromatic carbocycles. The van der Waals surface area contributed by atoms with Gasteiger partial charge < -0.3 is 4.74 Å². The van der Waals surface area contributed by atoms with Gasteiger partial charge in [-0.15, -0.1) is 0 Å². The van der Waals surface area contributed by atoms with Gasteiger partial charge >= 0.3 is 0 Å². The minimum Gasteiger partial charge on any atom is -0.483 e. The van der Waals surface area contributed by atoms with Gasteiger partial charge in [0.15, 0.2) is 6.61 Å². The predicted octanol–water partition coefficient (Wildman–Crippen LogP) is 2.99. The highest BCUT2D eigenvalue weighted by molar-refractivity contribution is 9.10. The van der Waals surface area contributed by atoms with Crippen molar-refractivity contribution in [3.8, 4) is 5.75 Å². The summed E-state index contributed by atoms with van der Waals surface area (Å²) in [6, 6.07) is 10.9. The minimum atomic E-state index is -0.537. The second-order valence-electron chi connectivity index (χ2n) is 4.92. The highest BCUT2D eigenvalue weighted by atomic mass is 79.9. The van der Waals surface area contributed by atoms with Crippen molar-refractivity contribution >= 4 is 27.7 Å². The SMILES string of the molecule is CCc1ccc(C(=O)NNC(=O)COc2ccc(F)cc2Br)cc1. The van der Waals surface area contributed by atoms with Gasteiger partial charge in [-0.3, -0.25) is 20.4 Å². The first-order chi connectivity index (χ1) is 11.5. The van der Waals surface area contributed by atoms with Gasteiger partial charge in [0.25, 0.3) is 11.8 Å². The van der Waals surface area contributed by atoms with Crippen molar-refractivity contribution in [1.82, 2.24) is 10.9 Å². The second kappa shape index (κ2) is 8.44. The van der Waals surface area contributed by atoms with E-state index in [0.717, 1.165) is 12.0 Å². The van der Waals surface area contributed by atoms with Crippen molar-refractivity contribution in [3.63, 3.8) is 0 Å². The summed E-state index contributed by atoms with van der Waals surface area (Å²) in [6.07, 6.45) is 0.884. The fraction of sp³-hybridized carbons (Fsp3) is 0.176. The molecule has 0 atom stereocenters. The third kappa shape index (κ3) is 5.06. The zero-order valence-corrected chi connectivity index (χ0v) is 14.5. The lowest BCUT2D eigenvalue weighted by Gasteiger charge is -2.10. The first-order valence-corrected chi connectivity index (χ1v) is 8.05. The maximum Gasteiger partial charge on any atom is 0.276 e. The average Bonchev–Trinajstić information content (AvgIpc) is 2.59. The van der Waals surface area contributed by atoms with Crippen LogP contribution in [0, 0.1) is 5.82 Å². The summed E-state index contributed by atoms with van der Waals surface area (Å²) in [7, 11) is 0. The monoisotopic (exact) mass is 394 g/mol. The highest BCUT2D eigenvalue weighted by Gasteiger charge is 2.09. The zero-order chi connectivity index (χ0) is 17.5. The average molecular weight is 395 g/mol. The standard InChI is InChI=1S/C17H16BrFN2O3/c1-2-11-3-5-12(6-4-11)17(23)21-20-16(22)10-24-15-8-7-13(19)9-14(15)18/h3-9H,2,10H2,1H3,(H,20,22)(H,21,23). The smallest absolute Gasteiger partial charge is 0.276 e. The van der Waals surface area contributed by atoms with Crippen LogP contribution < -0.4 is 15.6 Å². The highest BCUT2D eigenvalue weighted by Crippen LogP contribution is 2.25. The predicted molar refractivity (Wildman–Crippen MR) is 91.0 cm³/mol. The summed E-state index contributed by atoms with van der Waals surface area (Å²) in [5.41, 5.74) is 6.12. The lowest BCUT2D eigenvalue weighted by Crippen LogP contribution is -2.43. The van der Waals surface area contributed by atoms with Gasteiger partial charge in [-0.25, -0.2) is 4.39 Å². The van der Waals surface area contributed by atoms with E-state index >= 15 is 0 Å². The van der Waals surface area contributed by atoms with Crippen LogP contribution in [-0.2, 0) is 11.2 Å². The van der Waals surface area contributed by atoms with Crippen LogP contribution in [0.1, 0.15) is 22.8 Å². The van der Waals surface area contributed by atoms with Crippen LogP contribution in [0.15, 0.2) is 46.9 Å². The fourth-order valence-electron chi connectivity index (χ4n) is 1.86. The summed E-state index contributed by atoms with van der Waals surface area (Å²) in [5.74, 6) is -1.05. The molecule has 0 radical (unpaired) electrons. The van der Waals surface area contributed by atoms with E-state index < -0.39 is 17.6 Å². The molecule has 126 valence electrons. The Balaban J connectivity index is 1.80. The number of benzene rings is 2. The Bertz CT molecular complexity index is 735. The Morgan fingerprint density at radius 1 is 1.12 bits per heavy atom. The van der Waals surface area contributed by atoms with Gasteiger partial charge in [0, 0.05) is 5.56 Å². The molecule has 0 bridgehead atoms. The summed E-state index contributed by atoms with van der Waals surface area (Å²) < 4.78 is 18.6. The molecule has 2 rings (SSSR count). The van der Waals surface area contributed by atoms with E-state index in [1.54, 1.807) is 12.1 Å². The van der Waals surface area contributed by atoms with Gasteiger partial charge in [-0.1, -0.05) is 19.1 Å². The summed E-state index contributed by atoms with van der Waals surface area (Å²) in [5, 5.41) is 0. The molecule has 0 spiro atoms. The quantitative estimate of drug-likeness (QED) is 0.765. The maximum absolute atomic E-state index is 13.0. The number of amides is 2. The lowest BCUT2D eigenvalue weighted by atomic mass is 10.1. The van der Waals surface area contributed by atoms with Crippen LogP contribution in [0.3, 0.4) is 0 Å². The summed E-state index contributed by atoms with van der Waals surface area (Å²) >= 11 is 3.14. The molecular weight excluding hydrogens is 379 g/mol. The van der Waals surface area contributed by atoms with E-state index in [2.05, 4.69) is 26.8 Å². The molecule has 7 heteroatoms. The minimum absolute atomic E-state index is 0.320. The number of nitrogens with one attached hydrogen (secondary N) is 2. The van der Waals surface area contributed by atoms with Gasteiger partial charge in [0.05, 0.1) is 4.47 Å². The van der Waals surface area contributed by atoms with E-state index in [4.69, 9.17) is 4.74 Å². The Morgan fingerprint density at radius 2 is 1.83 bits per heavy atom. The van der Waals surface area contributed by atoms with Gasteiger partial charge in [-0.05, 0) is 58.2 Å². The van der Waals surface area contributed by atoms with Crippen molar-refractivity contribution in [2.24, 2.45) is 0 Å². The molecule has 0 aliphatic rings. The Hall–Kier alpha value is -2.41. The molecule has 0 aliphatic carbocycles. The van der Waals surface area contributed by atoms with Crippen LogP contribution in [-0.4, -0.2) is 18.4 Å². The van der Waals surface area contributed by atoms with E-state index in [1.165, 1.54) is 18.2 Å². The van der Waals surface area contributed by atoms with Crippen LogP contribution >= 0.6 is 15.9 Å². The molecule has 0 aromatic heterocycles. The molecule has 2 amide bonds. The Kier molecular flexibility index (Phi) is 6.31. The molecule has 5 nitrogen and oxygen atoms in total. The van der Waals surface area contributed by atoms with Crippen LogP contribution in [0.5, 0.6) is 5.75 Å². The number of hydrogen-bond acceptors (Lipinski definition) is 3. The number of carbonyl (C=O) groups is 2. The molecule has 0 aliphatic heterocycles. The lowest BCUT2D eigenvalue weighted by molar-refractivity contribution is -0.123. The van der Waals surface area contributed by atoms with Gasteiger partial charge in [0.1, 0.15) is 11.6 Å². The molecular formula is C17H16BrFN2O3. The molecule has 0 heterocycles.